The van der Waals surface area contributed by atoms with Crippen molar-refractivity contribution in [2.75, 3.05) is 20.1 Å². The van der Waals surface area contributed by atoms with E-state index in [0.29, 0.717) is 11.9 Å². The first-order valence-corrected chi connectivity index (χ1v) is 6.41. The van der Waals surface area contributed by atoms with E-state index in [1.54, 1.807) is 0 Å². The number of nitrogens with zero attached hydrogens (tertiary/aromatic N) is 1. The summed E-state index contributed by atoms with van der Waals surface area (Å²) >= 11 is 0. The van der Waals surface area contributed by atoms with E-state index in [9.17, 15) is 4.79 Å². The van der Waals surface area contributed by atoms with Crippen molar-refractivity contribution >= 4 is 5.91 Å². The van der Waals surface area contributed by atoms with Crippen LogP contribution in [-0.2, 0) is 4.79 Å². The van der Waals surface area contributed by atoms with Gasteiger partial charge in [0.2, 0.25) is 5.91 Å². The van der Waals surface area contributed by atoms with E-state index in [-0.39, 0.29) is 5.92 Å². The Labute approximate surface area is 97.9 Å². The van der Waals surface area contributed by atoms with E-state index in [0.717, 1.165) is 38.8 Å². The molecule has 1 fully saturated rings. The second kappa shape index (κ2) is 5.48. The number of rotatable bonds is 2. The third-order valence-electron chi connectivity index (χ3n) is 3.80. The molecule has 1 aliphatic heterocycles. The highest BCUT2D eigenvalue weighted by molar-refractivity contribution is 5.79. The Kier molecular flexibility index (Phi) is 3.99. The molecular weight excluding hydrogens is 200 g/mol. The average Bonchev–Trinajstić information content (AvgIpc) is 2.70. The molecule has 2 rings (SSSR count). The Morgan fingerprint density at radius 3 is 2.75 bits per heavy atom. The molecular formula is C13H22N2O. The van der Waals surface area contributed by atoms with Crippen LogP contribution in [0.3, 0.4) is 0 Å². The van der Waals surface area contributed by atoms with Crippen molar-refractivity contribution in [3.05, 3.63) is 12.2 Å². The fraction of sp³-hybridized carbons (Fsp3) is 0.769. The van der Waals surface area contributed by atoms with Gasteiger partial charge in [0.1, 0.15) is 0 Å². The zero-order valence-corrected chi connectivity index (χ0v) is 10.1. The summed E-state index contributed by atoms with van der Waals surface area (Å²) in [6.45, 7) is 2.15. The third kappa shape index (κ3) is 2.64. The van der Waals surface area contributed by atoms with Gasteiger partial charge in [-0.25, -0.2) is 0 Å². The fourth-order valence-electron chi connectivity index (χ4n) is 2.67. The number of carbonyl (C=O) groups excluding carboxylic acids is 1. The molecule has 0 radical (unpaired) electrons. The molecule has 3 nitrogen and oxygen atoms in total. The predicted molar refractivity (Wildman–Crippen MR) is 65.1 cm³/mol. The maximum atomic E-state index is 12.2. The molecule has 0 aromatic rings. The van der Waals surface area contributed by atoms with E-state index in [1.807, 2.05) is 11.9 Å². The fourth-order valence-corrected chi connectivity index (χ4v) is 2.67. The number of hydrogen-bond donors (Lipinski definition) is 1. The summed E-state index contributed by atoms with van der Waals surface area (Å²) in [5.41, 5.74) is 0. The van der Waals surface area contributed by atoms with E-state index < -0.39 is 0 Å². The maximum Gasteiger partial charge on any atom is 0.226 e. The van der Waals surface area contributed by atoms with Gasteiger partial charge in [0, 0.05) is 19.0 Å². The minimum absolute atomic E-state index is 0.223. The van der Waals surface area contributed by atoms with Crippen molar-refractivity contribution in [2.45, 2.75) is 38.1 Å². The van der Waals surface area contributed by atoms with Gasteiger partial charge in [0.15, 0.2) is 0 Å². The van der Waals surface area contributed by atoms with Gasteiger partial charge < -0.3 is 10.2 Å². The Hall–Kier alpha value is -0.830. The second-order valence-corrected chi connectivity index (χ2v) is 4.92. The molecule has 1 unspecified atom stereocenters. The van der Waals surface area contributed by atoms with Crippen LogP contribution in [0, 0.1) is 5.92 Å². The lowest BCUT2D eigenvalue weighted by molar-refractivity contribution is -0.136. The molecule has 1 aliphatic carbocycles. The molecule has 0 saturated carbocycles. The number of allylic oxidation sites excluding steroid dienone is 2. The lowest BCUT2D eigenvalue weighted by atomic mass is 10.0. The lowest BCUT2D eigenvalue weighted by Gasteiger charge is -2.29. The molecule has 0 aromatic heterocycles. The number of hydrogen-bond acceptors (Lipinski definition) is 2. The van der Waals surface area contributed by atoms with Crippen LogP contribution in [-0.4, -0.2) is 37.0 Å². The van der Waals surface area contributed by atoms with Crippen LogP contribution in [0.25, 0.3) is 0 Å². The minimum Gasteiger partial charge on any atom is -0.342 e. The number of nitrogens with one attached hydrogen (secondary N) is 1. The zero-order chi connectivity index (χ0) is 11.4. The molecule has 3 heteroatoms. The largest absolute Gasteiger partial charge is 0.342 e. The molecule has 1 heterocycles. The van der Waals surface area contributed by atoms with E-state index in [4.69, 9.17) is 0 Å². The molecule has 16 heavy (non-hydrogen) atoms. The summed E-state index contributed by atoms with van der Waals surface area (Å²) in [5.74, 6) is 0.568. The molecule has 1 N–H and O–H groups in total. The van der Waals surface area contributed by atoms with Crippen LogP contribution in [0.4, 0.5) is 0 Å². The predicted octanol–water partition coefficient (Wildman–Crippen LogP) is 1.55. The first-order valence-electron chi connectivity index (χ1n) is 6.41. The van der Waals surface area contributed by atoms with Gasteiger partial charge in [-0.15, -0.1) is 0 Å². The lowest BCUT2D eigenvalue weighted by Crippen LogP contribution is -2.40. The van der Waals surface area contributed by atoms with Crippen LogP contribution >= 0.6 is 0 Å². The van der Waals surface area contributed by atoms with Gasteiger partial charge in [0.25, 0.3) is 0 Å². The van der Waals surface area contributed by atoms with Crippen molar-refractivity contribution in [2.24, 2.45) is 5.92 Å². The molecule has 2 aliphatic rings. The van der Waals surface area contributed by atoms with Crippen molar-refractivity contribution < 1.29 is 4.79 Å². The smallest absolute Gasteiger partial charge is 0.226 e. The van der Waals surface area contributed by atoms with Crippen molar-refractivity contribution in [1.82, 2.24) is 10.2 Å². The van der Waals surface area contributed by atoms with E-state index in [1.165, 1.54) is 6.42 Å². The van der Waals surface area contributed by atoms with Gasteiger partial charge in [-0.3, -0.25) is 4.79 Å². The summed E-state index contributed by atoms with van der Waals surface area (Å²) in [6.07, 6.45) is 9.57. The SMILES string of the molecule is CN(C(=O)C1CC=CC1)C1CCCNCC1. The number of carbonyl (C=O) groups is 1. The number of amides is 1. The summed E-state index contributed by atoms with van der Waals surface area (Å²) in [7, 11) is 1.98. The highest BCUT2D eigenvalue weighted by Gasteiger charge is 2.27. The Bertz CT molecular complexity index is 259. The molecule has 1 saturated heterocycles. The zero-order valence-electron chi connectivity index (χ0n) is 10.1. The van der Waals surface area contributed by atoms with Gasteiger partial charge in [0.05, 0.1) is 0 Å². The summed E-state index contributed by atoms with van der Waals surface area (Å²) in [6, 6.07) is 0.447. The molecule has 90 valence electrons. The normalized spacial score (nSPS) is 26.7. The van der Waals surface area contributed by atoms with Crippen LogP contribution in [0.2, 0.25) is 0 Å². The highest BCUT2D eigenvalue weighted by atomic mass is 16.2. The van der Waals surface area contributed by atoms with Gasteiger partial charge in [-0.1, -0.05) is 12.2 Å². The van der Waals surface area contributed by atoms with Crippen molar-refractivity contribution in [1.29, 1.82) is 0 Å². The molecule has 0 aromatic carbocycles. The van der Waals surface area contributed by atoms with E-state index in [2.05, 4.69) is 17.5 Å². The Balaban J connectivity index is 1.89. The third-order valence-corrected chi connectivity index (χ3v) is 3.80. The molecule has 0 spiro atoms. The average molecular weight is 222 g/mol. The first kappa shape index (κ1) is 11.6. The Morgan fingerprint density at radius 2 is 2.00 bits per heavy atom. The van der Waals surface area contributed by atoms with Crippen LogP contribution in [0.1, 0.15) is 32.1 Å². The van der Waals surface area contributed by atoms with Gasteiger partial charge in [-0.2, -0.15) is 0 Å². The quantitative estimate of drug-likeness (QED) is 0.719. The van der Waals surface area contributed by atoms with Crippen LogP contribution < -0.4 is 5.32 Å². The summed E-state index contributed by atoms with van der Waals surface area (Å²) < 4.78 is 0. The minimum atomic E-state index is 0.223. The summed E-state index contributed by atoms with van der Waals surface area (Å²) in [5, 5.41) is 3.39. The maximum absolute atomic E-state index is 12.2. The second-order valence-electron chi connectivity index (χ2n) is 4.92. The topological polar surface area (TPSA) is 32.3 Å². The first-order chi connectivity index (χ1) is 7.79. The van der Waals surface area contributed by atoms with Crippen LogP contribution in [0.15, 0.2) is 12.2 Å². The standard InChI is InChI=1S/C13H22N2O/c1-15(12-7-4-9-14-10-8-12)13(16)11-5-2-3-6-11/h2-3,11-12,14H,4-10H2,1H3. The Morgan fingerprint density at radius 1 is 1.25 bits per heavy atom. The molecule has 1 amide bonds. The monoisotopic (exact) mass is 222 g/mol. The highest BCUT2D eigenvalue weighted by Crippen LogP contribution is 2.22. The van der Waals surface area contributed by atoms with Crippen molar-refractivity contribution in [3.8, 4) is 0 Å². The van der Waals surface area contributed by atoms with Crippen molar-refractivity contribution in [3.63, 3.8) is 0 Å². The summed E-state index contributed by atoms with van der Waals surface area (Å²) in [4.78, 5) is 14.2. The van der Waals surface area contributed by atoms with E-state index >= 15 is 0 Å². The van der Waals surface area contributed by atoms with Gasteiger partial charge in [-0.05, 0) is 45.2 Å². The van der Waals surface area contributed by atoms with Gasteiger partial charge >= 0.3 is 0 Å². The molecule has 1 atom stereocenters. The van der Waals surface area contributed by atoms with Crippen LogP contribution in [0.5, 0.6) is 0 Å². The molecule has 0 bridgehead atoms.